The Morgan fingerprint density at radius 2 is 1.89 bits per heavy atom. The van der Waals surface area contributed by atoms with Crippen molar-refractivity contribution in [1.29, 1.82) is 0 Å². The highest BCUT2D eigenvalue weighted by Crippen LogP contribution is 2.32. The van der Waals surface area contributed by atoms with Crippen molar-refractivity contribution in [2.45, 2.75) is 23.9 Å². The minimum atomic E-state index is -3.85. The number of aromatic nitrogens is 2. The van der Waals surface area contributed by atoms with Gasteiger partial charge in [-0.2, -0.15) is 5.10 Å². The van der Waals surface area contributed by atoms with Gasteiger partial charge in [0.2, 0.25) is 10.0 Å². The van der Waals surface area contributed by atoms with E-state index in [2.05, 4.69) is 9.82 Å². The molecule has 27 heavy (non-hydrogen) atoms. The number of nitrogens with one attached hydrogen (secondary N) is 1. The lowest BCUT2D eigenvalue weighted by Crippen LogP contribution is -2.44. The Bertz CT molecular complexity index is 1020. The monoisotopic (exact) mass is 393 g/mol. The third-order valence-corrected chi connectivity index (χ3v) is 5.94. The summed E-state index contributed by atoms with van der Waals surface area (Å²) in [4.78, 5) is 12.2. The second kappa shape index (κ2) is 6.95. The van der Waals surface area contributed by atoms with Gasteiger partial charge in [-0.1, -0.05) is 0 Å². The lowest BCUT2D eigenvalue weighted by Gasteiger charge is -2.22. The fourth-order valence-electron chi connectivity index (χ4n) is 3.11. The van der Waals surface area contributed by atoms with E-state index in [1.807, 2.05) is 0 Å². The minimum absolute atomic E-state index is 0.0574. The van der Waals surface area contributed by atoms with Gasteiger partial charge in [0, 0.05) is 12.1 Å². The number of benzene rings is 1. The van der Waals surface area contributed by atoms with Crippen LogP contribution < -0.4 is 19.8 Å². The molecule has 3 heterocycles. The fourth-order valence-corrected chi connectivity index (χ4v) is 4.38. The first kappa shape index (κ1) is 18.0. The first-order chi connectivity index (χ1) is 12.9. The zero-order valence-electron chi connectivity index (χ0n) is 14.6. The third kappa shape index (κ3) is 3.55. The molecule has 2 aliphatic heterocycles. The summed E-state index contributed by atoms with van der Waals surface area (Å²) in [5.41, 5.74) is 0.356. The molecular formula is C17H19N3O6S. The number of fused-ring (bicyclic) bond motifs is 1. The molecule has 0 amide bonds. The van der Waals surface area contributed by atoms with Crippen molar-refractivity contribution >= 4 is 10.0 Å². The average molecular weight is 393 g/mol. The summed E-state index contributed by atoms with van der Waals surface area (Å²) in [6.45, 7) is 2.91. The van der Waals surface area contributed by atoms with Crippen LogP contribution in [0, 0.1) is 6.92 Å². The van der Waals surface area contributed by atoms with Crippen molar-refractivity contribution in [3.8, 4) is 11.5 Å². The van der Waals surface area contributed by atoms with E-state index in [9.17, 15) is 13.2 Å². The van der Waals surface area contributed by atoms with Crippen LogP contribution in [0.3, 0.4) is 0 Å². The molecular weight excluding hydrogens is 374 g/mol. The second-order valence-corrected chi connectivity index (χ2v) is 8.11. The number of ether oxygens (including phenoxy) is 3. The van der Waals surface area contributed by atoms with E-state index >= 15 is 0 Å². The van der Waals surface area contributed by atoms with Crippen LogP contribution in [0.25, 0.3) is 0 Å². The number of rotatable bonds is 4. The van der Waals surface area contributed by atoms with Crippen LogP contribution in [0.1, 0.15) is 11.7 Å². The number of sulfonamides is 1. The summed E-state index contributed by atoms with van der Waals surface area (Å²) >= 11 is 0. The molecule has 10 heteroatoms. The molecule has 0 bridgehead atoms. The molecule has 0 spiro atoms. The molecule has 0 saturated carbocycles. The lowest BCUT2D eigenvalue weighted by molar-refractivity contribution is 0.171. The molecule has 9 nitrogen and oxygen atoms in total. The number of aryl methyl sites for hydroxylation is 1. The van der Waals surface area contributed by atoms with Crippen LogP contribution in [-0.2, 0) is 14.8 Å². The standard InChI is InChI=1S/C17H19N3O6S/c1-11-2-5-17(21)20(18-11)14-10-24-9-13(14)19-27(22,23)12-3-4-15-16(8-12)26-7-6-25-15/h2-5,8,13-14,19H,6-7,9-10H2,1H3. The maximum atomic E-state index is 12.8. The van der Waals surface area contributed by atoms with E-state index < -0.39 is 22.1 Å². The number of nitrogens with zero attached hydrogens (tertiary/aromatic N) is 2. The summed E-state index contributed by atoms with van der Waals surface area (Å²) in [5.74, 6) is 0.901. The molecule has 2 aromatic rings. The minimum Gasteiger partial charge on any atom is -0.486 e. The average Bonchev–Trinajstić information content (AvgIpc) is 3.10. The van der Waals surface area contributed by atoms with E-state index in [0.717, 1.165) is 0 Å². The predicted molar refractivity (Wildman–Crippen MR) is 94.6 cm³/mol. The quantitative estimate of drug-likeness (QED) is 0.793. The Morgan fingerprint density at radius 1 is 1.11 bits per heavy atom. The van der Waals surface area contributed by atoms with Crippen molar-refractivity contribution in [2.24, 2.45) is 0 Å². The van der Waals surface area contributed by atoms with Crippen LogP contribution in [0.4, 0.5) is 0 Å². The van der Waals surface area contributed by atoms with Crippen molar-refractivity contribution in [1.82, 2.24) is 14.5 Å². The SMILES string of the molecule is Cc1ccc(=O)n(C2COCC2NS(=O)(=O)c2ccc3c(c2)OCCO3)n1. The summed E-state index contributed by atoms with van der Waals surface area (Å²) in [6, 6.07) is 6.34. The number of hydrogen-bond acceptors (Lipinski definition) is 7. The maximum absolute atomic E-state index is 12.8. The van der Waals surface area contributed by atoms with Crippen molar-refractivity contribution in [3.05, 3.63) is 46.4 Å². The zero-order valence-corrected chi connectivity index (χ0v) is 15.4. The Labute approximate surface area is 155 Å². The first-order valence-electron chi connectivity index (χ1n) is 8.50. The maximum Gasteiger partial charge on any atom is 0.267 e. The van der Waals surface area contributed by atoms with E-state index in [1.54, 1.807) is 19.1 Å². The van der Waals surface area contributed by atoms with Crippen molar-refractivity contribution < 1.29 is 22.6 Å². The van der Waals surface area contributed by atoms with E-state index in [0.29, 0.717) is 30.4 Å². The van der Waals surface area contributed by atoms with Crippen LogP contribution in [-0.4, -0.2) is 50.7 Å². The van der Waals surface area contributed by atoms with Gasteiger partial charge in [-0.15, -0.1) is 0 Å². The smallest absolute Gasteiger partial charge is 0.267 e. The highest BCUT2D eigenvalue weighted by molar-refractivity contribution is 7.89. The Hall–Kier alpha value is -2.43. The fraction of sp³-hybridized carbons (Fsp3) is 0.412. The number of hydrogen-bond donors (Lipinski definition) is 1. The topological polar surface area (TPSA) is 109 Å². The van der Waals surface area contributed by atoms with Crippen molar-refractivity contribution in [3.63, 3.8) is 0 Å². The van der Waals surface area contributed by atoms with E-state index in [4.69, 9.17) is 14.2 Å². The molecule has 2 unspecified atom stereocenters. The van der Waals surface area contributed by atoms with E-state index in [-0.39, 0.29) is 23.7 Å². The van der Waals surface area contributed by atoms with Gasteiger partial charge in [0.25, 0.3) is 5.56 Å². The summed E-state index contributed by atoms with van der Waals surface area (Å²) in [5, 5.41) is 4.22. The summed E-state index contributed by atoms with van der Waals surface area (Å²) in [6.07, 6.45) is 0. The summed E-state index contributed by atoms with van der Waals surface area (Å²) in [7, 11) is -3.85. The Morgan fingerprint density at radius 3 is 2.70 bits per heavy atom. The van der Waals surface area contributed by atoms with Gasteiger partial charge in [-0.25, -0.2) is 17.8 Å². The van der Waals surface area contributed by atoms with Gasteiger partial charge in [0.1, 0.15) is 13.2 Å². The van der Waals surface area contributed by atoms with Gasteiger partial charge >= 0.3 is 0 Å². The van der Waals surface area contributed by atoms with Crippen molar-refractivity contribution in [2.75, 3.05) is 26.4 Å². The van der Waals surface area contributed by atoms with Gasteiger partial charge < -0.3 is 14.2 Å². The zero-order chi connectivity index (χ0) is 19.0. The van der Waals surface area contributed by atoms with E-state index in [1.165, 1.54) is 22.9 Å². The molecule has 1 N–H and O–H groups in total. The molecule has 1 aromatic carbocycles. The van der Waals surface area contributed by atoms with Gasteiger partial charge in [0.15, 0.2) is 11.5 Å². The summed E-state index contributed by atoms with van der Waals surface area (Å²) < 4.78 is 45.9. The highest BCUT2D eigenvalue weighted by Gasteiger charge is 2.35. The third-order valence-electron chi connectivity index (χ3n) is 4.45. The van der Waals surface area contributed by atoms with Crippen LogP contribution in [0.5, 0.6) is 11.5 Å². The lowest BCUT2D eigenvalue weighted by atomic mass is 10.2. The Kier molecular flexibility index (Phi) is 4.62. The molecule has 144 valence electrons. The predicted octanol–water partition coefficient (Wildman–Crippen LogP) is 0.241. The second-order valence-electron chi connectivity index (χ2n) is 6.40. The van der Waals surface area contributed by atoms with Gasteiger partial charge in [-0.05, 0) is 25.1 Å². The molecule has 4 rings (SSSR count). The first-order valence-corrected chi connectivity index (χ1v) is 9.98. The molecule has 1 aromatic heterocycles. The van der Waals surface area contributed by atoms with Crippen LogP contribution in [0.2, 0.25) is 0 Å². The molecule has 1 saturated heterocycles. The highest BCUT2D eigenvalue weighted by atomic mass is 32.2. The molecule has 0 aliphatic carbocycles. The molecule has 0 radical (unpaired) electrons. The van der Waals surface area contributed by atoms with Gasteiger partial charge in [0.05, 0.1) is 35.9 Å². The largest absolute Gasteiger partial charge is 0.486 e. The van der Waals surface area contributed by atoms with Crippen LogP contribution >= 0.6 is 0 Å². The van der Waals surface area contributed by atoms with Crippen LogP contribution in [0.15, 0.2) is 40.0 Å². The molecule has 1 fully saturated rings. The van der Waals surface area contributed by atoms with Gasteiger partial charge in [-0.3, -0.25) is 4.79 Å². The molecule has 2 aliphatic rings. The normalized spacial score (nSPS) is 22.0. The molecule has 2 atom stereocenters. The Balaban J connectivity index is 1.60.